The van der Waals surface area contributed by atoms with Gasteiger partial charge in [0.25, 0.3) is 0 Å². The molecule has 0 aliphatic carbocycles. The third kappa shape index (κ3) is 43.9. The predicted molar refractivity (Wildman–Crippen MR) is 421 cm³/mol. The minimum atomic E-state index is -1.69. The number of hydrogen-bond donors (Lipinski definition) is 25. The Morgan fingerprint density at radius 3 is 0.847 bits per heavy atom. The molecule has 111 heavy (non-hydrogen) atoms. The molecule has 0 aromatic heterocycles. The molecule has 0 saturated carbocycles. The lowest BCUT2D eigenvalue weighted by molar-refractivity contribution is -0.136. The molecule has 0 spiro atoms. The summed E-state index contributed by atoms with van der Waals surface area (Å²) < 4.78 is 0. The number of primary amides is 2. The van der Waals surface area contributed by atoms with Crippen LogP contribution in [0.1, 0.15) is 162 Å². The number of unbranched alkanes of at least 4 members (excludes halogenated alkanes) is 3. The van der Waals surface area contributed by atoms with Crippen LogP contribution in [0.5, 0.6) is 0 Å². The fraction of sp³-hybridized carbons (Fsp3) is 0.667. The van der Waals surface area contributed by atoms with Crippen LogP contribution < -0.4 is 139 Å². The van der Waals surface area contributed by atoms with Crippen LogP contribution in [0.4, 0.5) is 0 Å². The first-order chi connectivity index (χ1) is 52.5. The molecule has 1 aromatic carbocycles. The lowest BCUT2D eigenvalue weighted by atomic mass is 10.00. The summed E-state index contributed by atoms with van der Waals surface area (Å²) in [5, 5.41) is 29.2. The van der Waals surface area contributed by atoms with Gasteiger partial charge in [-0.15, -0.1) is 0 Å². The normalized spacial score (nSPS) is 14.0. The summed E-state index contributed by atoms with van der Waals surface area (Å²) in [6.07, 6.45) is 1.09. The molecule has 13 amide bonds. The quantitative estimate of drug-likeness (QED) is 0.0164. The number of nitrogens with two attached hydrogens (primary N) is 14. The lowest BCUT2D eigenvalue weighted by Gasteiger charge is -2.29. The Bertz CT molecular complexity index is 3220. The van der Waals surface area contributed by atoms with E-state index in [9.17, 15) is 62.3 Å². The first-order valence-electron chi connectivity index (χ1n) is 37.5. The number of carbonyl (C=O) groups is 13. The van der Waals surface area contributed by atoms with E-state index in [0.29, 0.717) is 37.7 Å². The van der Waals surface area contributed by atoms with E-state index in [4.69, 9.17) is 80.3 Å². The molecule has 0 bridgehead atoms. The molecule has 0 aliphatic rings. The highest BCUT2D eigenvalue weighted by Gasteiger charge is 2.37. The number of nitrogens with one attached hydrogen (secondary N) is 11. The van der Waals surface area contributed by atoms with Crippen molar-refractivity contribution in [2.24, 2.45) is 112 Å². The van der Waals surface area contributed by atoms with Gasteiger partial charge >= 0.3 is 0 Å². The summed E-state index contributed by atoms with van der Waals surface area (Å²) in [6.45, 7) is 7.35. The van der Waals surface area contributed by atoms with Gasteiger partial charge in [0.2, 0.25) is 76.8 Å². The van der Waals surface area contributed by atoms with Gasteiger partial charge < -0.3 is 139 Å². The van der Waals surface area contributed by atoms with Crippen molar-refractivity contribution >= 4 is 101 Å². The number of aliphatic imine (C=N–C) groups is 4. The lowest BCUT2D eigenvalue weighted by Crippen LogP contribution is -2.61. The van der Waals surface area contributed by atoms with Gasteiger partial charge in [-0.1, -0.05) is 58.0 Å². The van der Waals surface area contributed by atoms with Crippen LogP contribution in [-0.4, -0.2) is 219 Å². The Balaban J connectivity index is 3.99. The topological polar surface area (TPSA) is 768 Å². The van der Waals surface area contributed by atoms with Gasteiger partial charge in [0.15, 0.2) is 23.8 Å². The van der Waals surface area contributed by atoms with Crippen molar-refractivity contribution in [2.45, 2.75) is 229 Å². The number of rotatable bonds is 59. The Kier molecular flexibility index (Phi) is 49.2. The average molecular weight is 1570 g/mol. The summed E-state index contributed by atoms with van der Waals surface area (Å²) in [6, 6.07) is -7.22. The second-order valence-electron chi connectivity index (χ2n) is 27.6. The maximum absolute atomic E-state index is 14.9. The molecule has 11 atom stereocenters. The van der Waals surface area contributed by atoms with Crippen molar-refractivity contribution in [2.75, 3.05) is 52.4 Å². The molecule has 0 saturated heterocycles. The SMILES string of the molecule is CC(C)C[C@H](NC(=O)CN)C(=O)N[C@@H](CCCN=C(N)N)C(=O)N[C@@H](CCCCN)C(=O)N[C@@H](CCCN=C(N)N)C(=O)N[C@@H](CC(C)C)C(=O)N[C@@H](CCCN=C(N)N)C(=O)N[C@@H](CCCCN)C(=O)N[C@@H](Cc1ccccc1)C(=O)N[C@@H](CCCN=C(N)N)C(=O)N[C@@H](CC(N)=O)C(=O)N[C@@H](CCCCN)C(N)=O. The van der Waals surface area contributed by atoms with E-state index in [-0.39, 0.29) is 178 Å². The van der Waals surface area contributed by atoms with Crippen LogP contribution in [0.2, 0.25) is 0 Å². The smallest absolute Gasteiger partial charge is 0.243 e. The van der Waals surface area contributed by atoms with Crippen LogP contribution in [0.3, 0.4) is 0 Å². The molecule has 0 heterocycles. The summed E-state index contributed by atoms with van der Waals surface area (Å²) >= 11 is 0. The standard InChI is InChI=1S/C69H127N29O13/c1-39(2)34-49(88-54(100)38-73)62(108)93-45(23-14-30-84-66(76)77)57(103)90-43(21-9-12-28-71)56(102)92-47(25-16-32-86-68(80)81)60(106)96-50(35-40(3)4)63(109)94-46(24-15-31-85-67(78)79)58(104)91-44(22-10-13-29-72)59(105)97-51(36-41-18-6-5-7-19-41)64(110)95-48(26-17-33-87-69(82)83)61(107)98-52(37-53(74)99)65(111)89-42(55(75)101)20-8-11-27-70/h5-7,18-19,39-40,42-52H,8-17,20-38,70-73H2,1-4H3,(H2,74,99)(H2,75,101)(H,88,100)(H,89,111)(H,90,103)(H,91,104)(H,92,102)(H,93,108)(H,94,109)(H,95,110)(H,96,106)(H,97,105)(H,98,107)(H4,76,77,84)(H4,78,79,85)(H4,80,81,86)(H4,82,83,87)/t42-,43-,44-,45-,46-,47-,48-,49-,50-,51-,52-/m0/s1. The molecule has 39 N–H and O–H groups in total. The van der Waals surface area contributed by atoms with Crippen LogP contribution in [0.15, 0.2) is 50.3 Å². The Morgan fingerprint density at radius 1 is 0.306 bits per heavy atom. The Labute approximate surface area is 648 Å². The zero-order valence-corrected chi connectivity index (χ0v) is 64.6. The predicted octanol–water partition coefficient (Wildman–Crippen LogP) is -8.43. The largest absolute Gasteiger partial charge is 0.370 e. The van der Waals surface area contributed by atoms with Crippen molar-refractivity contribution < 1.29 is 62.3 Å². The van der Waals surface area contributed by atoms with Gasteiger partial charge in [0.05, 0.1) is 13.0 Å². The first-order valence-corrected chi connectivity index (χ1v) is 37.5. The molecule has 42 nitrogen and oxygen atoms in total. The third-order valence-electron chi connectivity index (χ3n) is 16.9. The number of hydrogen-bond acceptors (Lipinski definition) is 21. The van der Waals surface area contributed by atoms with Gasteiger partial charge in [-0.05, 0) is 159 Å². The highest BCUT2D eigenvalue weighted by atomic mass is 16.2. The summed E-state index contributed by atoms with van der Waals surface area (Å²) in [7, 11) is 0. The van der Waals surface area contributed by atoms with Crippen molar-refractivity contribution in [1.82, 2.24) is 58.5 Å². The van der Waals surface area contributed by atoms with E-state index in [1.54, 1.807) is 44.2 Å². The van der Waals surface area contributed by atoms with E-state index in [1.807, 2.05) is 13.8 Å². The van der Waals surface area contributed by atoms with Gasteiger partial charge in [0.1, 0.15) is 66.5 Å². The summed E-state index contributed by atoms with van der Waals surface area (Å²) in [5.74, 6) is -13.0. The van der Waals surface area contributed by atoms with Crippen molar-refractivity contribution in [3.8, 4) is 0 Å². The summed E-state index contributed by atoms with van der Waals surface area (Å²) in [4.78, 5) is 199. The minimum absolute atomic E-state index is 0.0188. The number of nitrogens with zero attached hydrogens (tertiary/aromatic N) is 4. The zero-order valence-electron chi connectivity index (χ0n) is 64.6. The van der Waals surface area contributed by atoms with E-state index in [0.717, 1.165) is 0 Å². The number of carbonyl (C=O) groups excluding carboxylic acids is 13. The van der Waals surface area contributed by atoms with Crippen molar-refractivity contribution in [3.63, 3.8) is 0 Å². The maximum Gasteiger partial charge on any atom is 0.243 e. The molecule has 42 heteroatoms. The molecule has 1 rings (SSSR count). The van der Waals surface area contributed by atoms with Gasteiger partial charge in [-0.25, -0.2) is 0 Å². The van der Waals surface area contributed by atoms with E-state index >= 15 is 0 Å². The number of amides is 13. The molecule has 0 fully saturated rings. The van der Waals surface area contributed by atoms with Gasteiger partial charge in [0, 0.05) is 32.6 Å². The number of guanidine groups is 4. The number of benzene rings is 1. The van der Waals surface area contributed by atoms with Gasteiger partial charge in [-0.2, -0.15) is 0 Å². The average Bonchev–Trinajstić information content (AvgIpc) is 0.870. The highest BCUT2D eigenvalue weighted by molar-refractivity contribution is 6.00. The molecule has 1 aromatic rings. The first kappa shape index (κ1) is 98.3. The monoisotopic (exact) mass is 1570 g/mol. The van der Waals surface area contributed by atoms with Crippen LogP contribution in [0, 0.1) is 11.8 Å². The Hall–Kier alpha value is -10.7. The molecule has 0 radical (unpaired) electrons. The maximum atomic E-state index is 14.9. The summed E-state index contributed by atoms with van der Waals surface area (Å²) in [5.41, 5.74) is 79.3. The highest BCUT2D eigenvalue weighted by Crippen LogP contribution is 2.15. The van der Waals surface area contributed by atoms with Crippen LogP contribution in [0.25, 0.3) is 0 Å². The van der Waals surface area contributed by atoms with E-state index < -0.39 is 156 Å². The van der Waals surface area contributed by atoms with Gasteiger partial charge in [-0.3, -0.25) is 82.3 Å². The minimum Gasteiger partial charge on any atom is -0.370 e. The second-order valence-corrected chi connectivity index (χ2v) is 27.6. The van der Waals surface area contributed by atoms with Crippen molar-refractivity contribution in [3.05, 3.63) is 35.9 Å². The fourth-order valence-corrected chi connectivity index (χ4v) is 11.2. The third-order valence-corrected chi connectivity index (χ3v) is 16.9. The zero-order chi connectivity index (χ0) is 83.5. The second kappa shape index (κ2) is 55.6. The van der Waals surface area contributed by atoms with E-state index in [2.05, 4.69) is 78.5 Å². The molecular weight excluding hydrogens is 1440 g/mol. The fourth-order valence-electron chi connectivity index (χ4n) is 11.2. The van der Waals surface area contributed by atoms with E-state index in [1.165, 1.54) is 0 Å². The molecular formula is C69H127N29O13. The Morgan fingerprint density at radius 2 is 0.559 bits per heavy atom. The van der Waals surface area contributed by atoms with Crippen LogP contribution >= 0.6 is 0 Å². The van der Waals surface area contributed by atoms with Crippen LogP contribution in [-0.2, 0) is 68.7 Å². The molecule has 626 valence electrons. The van der Waals surface area contributed by atoms with Crippen molar-refractivity contribution in [1.29, 1.82) is 0 Å². The molecule has 0 unspecified atom stereocenters. The molecule has 0 aliphatic heterocycles.